The van der Waals surface area contributed by atoms with Crippen molar-refractivity contribution in [2.24, 2.45) is 0 Å². The highest BCUT2D eigenvalue weighted by Gasteiger charge is 2.48. The van der Waals surface area contributed by atoms with Crippen molar-refractivity contribution in [1.29, 1.82) is 5.26 Å². The van der Waals surface area contributed by atoms with Crippen LogP contribution >= 0.6 is 0 Å². The zero-order valence-corrected chi connectivity index (χ0v) is 15.1. The van der Waals surface area contributed by atoms with Gasteiger partial charge < -0.3 is 5.32 Å². The predicted molar refractivity (Wildman–Crippen MR) is 103 cm³/mol. The van der Waals surface area contributed by atoms with Crippen molar-refractivity contribution >= 4 is 5.82 Å². The first kappa shape index (κ1) is 17.0. The summed E-state index contributed by atoms with van der Waals surface area (Å²) in [5.41, 5.74) is 2.27. The highest BCUT2D eigenvalue weighted by atomic mass is 15.3. The minimum Gasteiger partial charge on any atom is -0.367 e. The molecular weight excluding hydrogens is 322 g/mol. The predicted octanol–water partition coefficient (Wildman–Crippen LogP) is 2.72. The topological polar surface area (TPSA) is 55.2 Å². The number of benzene rings is 1. The molecule has 1 aromatic carbocycles. The second-order valence-electron chi connectivity index (χ2n) is 7.34. The number of hydrogen-bond acceptors (Lipinski definition) is 5. The van der Waals surface area contributed by atoms with Crippen LogP contribution in [0.5, 0.6) is 0 Å². The maximum atomic E-state index is 9.22. The number of rotatable bonds is 6. The van der Waals surface area contributed by atoms with E-state index in [9.17, 15) is 5.26 Å². The SMILES string of the molecule is N#Cc1cccnc1NCC1(N2CCN(Cc3ccccc3)CC2)CC1. The number of aromatic nitrogens is 1. The first-order valence-corrected chi connectivity index (χ1v) is 9.39. The van der Waals surface area contributed by atoms with E-state index in [0.717, 1.165) is 39.3 Å². The van der Waals surface area contributed by atoms with E-state index < -0.39 is 0 Å². The van der Waals surface area contributed by atoms with Crippen LogP contribution in [0.4, 0.5) is 5.82 Å². The van der Waals surface area contributed by atoms with Crippen molar-refractivity contribution in [3.8, 4) is 6.07 Å². The molecule has 2 fully saturated rings. The van der Waals surface area contributed by atoms with E-state index in [4.69, 9.17) is 0 Å². The van der Waals surface area contributed by atoms with Crippen LogP contribution in [-0.2, 0) is 6.54 Å². The molecule has 4 rings (SSSR count). The van der Waals surface area contributed by atoms with Crippen molar-refractivity contribution in [3.63, 3.8) is 0 Å². The van der Waals surface area contributed by atoms with Gasteiger partial charge >= 0.3 is 0 Å². The Labute approximate surface area is 155 Å². The van der Waals surface area contributed by atoms with Crippen LogP contribution in [-0.4, -0.2) is 53.0 Å². The molecule has 2 heterocycles. The summed E-state index contributed by atoms with van der Waals surface area (Å²) in [5.74, 6) is 0.712. The van der Waals surface area contributed by atoms with Crippen LogP contribution in [0.15, 0.2) is 48.7 Å². The maximum absolute atomic E-state index is 9.22. The number of anilines is 1. The Morgan fingerprint density at radius 3 is 2.50 bits per heavy atom. The molecule has 2 aromatic rings. The van der Waals surface area contributed by atoms with Crippen molar-refractivity contribution in [1.82, 2.24) is 14.8 Å². The average molecular weight is 347 g/mol. The molecule has 5 heteroatoms. The number of piperazine rings is 1. The van der Waals surface area contributed by atoms with Gasteiger partial charge in [-0.15, -0.1) is 0 Å². The molecule has 0 radical (unpaired) electrons. The monoisotopic (exact) mass is 347 g/mol. The van der Waals surface area contributed by atoms with E-state index in [-0.39, 0.29) is 5.54 Å². The van der Waals surface area contributed by atoms with Crippen LogP contribution in [0.25, 0.3) is 0 Å². The summed E-state index contributed by atoms with van der Waals surface area (Å²) in [7, 11) is 0. The zero-order chi connectivity index (χ0) is 17.8. The lowest BCUT2D eigenvalue weighted by Gasteiger charge is -2.40. The minimum atomic E-state index is 0.253. The molecule has 5 nitrogen and oxygen atoms in total. The van der Waals surface area contributed by atoms with Gasteiger partial charge in [0.1, 0.15) is 11.9 Å². The second kappa shape index (κ2) is 7.45. The molecule has 0 amide bonds. The lowest BCUT2D eigenvalue weighted by molar-refractivity contribution is 0.0856. The number of hydrogen-bond donors (Lipinski definition) is 1. The fourth-order valence-corrected chi connectivity index (χ4v) is 3.86. The van der Waals surface area contributed by atoms with Gasteiger partial charge in [0.15, 0.2) is 0 Å². The second-order valence-corrected chi connectivity index (χ2v) is 7.34. The molecule has 0 spiro atoms. The number of pyridine rings is 1. The third-order valence-electron chi connectivity index (χ3n) is 5.63. The van der Waals surface area contributed by atoms with Gasteiger partial charge in [0.05, 0.1) is 5.56 Å². The van der Waals surface area contributed by atoms with E-state index in [1.807, 2.05) is 12.1 Å². The number of nitrogens with zero attached hydrogens (tertiary/aromatic N) is 4. The fourth-order valence-electron chi connectivity index (χ4n) is 3.86. The van der Waals surface area contributed by atoms with Crippen molar-refractivity contribution in [2.45, 2.75) is 24.9 Å². The standard InChI is InChI=1S/C21H25N5/c22-15-19-7-4-10-23-20(19)24-17-21(8-9-21)26-13-11-25(12-14-26)16-18-5-2-1-3-6-18/h1-7,10H,8-9,11-14,16-17H2,(H,23,24). The molecule has 26 heavy (non-hydrogen) atoms. The molecule has 134 valence electrons. The summed E-state index contributed by atoms with van der Waals surface area (Å²) in [6.45, 7) is 6.37. The van der Waals surface area contributed by atoms with Crippen LogP contribution in [0, 0.1) is 11.3 Å². The Kier molecular flexibility index (Phi) is 4.87. The number of nitrogens with one attached hydrogen (secondary N) is 1. The molecule has 1 aliphatic carbocycles. The molecule has 1 saturated carbocycles. The van der Waals surface area contributed by atoms with E-state index in [1.165, 1.54) is 18.4 Å². The van der Waals surface area contributed by atoms with Crippen LogP contribution in [0.3, 0.4) is 0 Å². The summed E-state index contributed by atoms with van der Waals surface area (Å²) in [4.78, 5) is 9.50. The Morgan fingerprint density at radius 1 is 1.04 bits per heavy atom. The smallest absolute Gasteiger partial charge is 0.143 e. The molecule has 1 saturated heterocycles. The molecule has 2 aliphatic rings. The summed E-state index contributed by atoms with van der Waals surface area (Å²) in [6, 6.07) is 16.6. The third kappa shape index (κ3) is 3.72. The Morgan fingerprint density at radius 2 is 1.81 bits per heavy atom. The van der Waals surface area contributed by atoms with Gasteiger partial charge in [0.25, 0.3) is 0 Å². The van der Waals surface area contributed by atoms with Crippen LogP contribution in [0.1, 0.15) is 24.0 Å². The molecule has 1 aromatic heterocycles. The summed E-state index contributed by atoms with van der Waals surface area (Å²) < 4.78 is 0. The normalized spacial score (nSPS) is 19.7. The van der Waals surface area contributed by atoms with E-state index >= 15 is 0 Å². The molecule has 1 aliphatic heterocycles. The first-order valence-electron chi connectivity index (χ1n) is 9.39. The Hall–Kier alpha value is -2.42. The van der Waals surface area contributed by atoms with E-state index in [1.54, 1.807) is 6.20 Å². The minimum absolute atomic E-state index is 0.253. The fraction of sp³-hybridized carbons (Fsp3) is 0.429. The van der Waals surface area contributed by atoms with Crippen molar-refractivity contribution in [3.05, 3.63) is 59.8 Å². The molecule has 1 N–H and O–H groups in total. The van der Waals surface area contributed by atoms with Gasteiger partial charge in [-0.3, -0.25) is 9.80 Å². The van der Waals surface area contributed by atoms with Crippen LogP contribution in [0.2, 0.25) is 0 Å². The van der Waals surface area contributed by atoms with Crippen molar-refractivity contribution < 1.29 is 0 Å². The summed E-state index contributed by atoms with van der Waals surface area (Å²) in [5, 5.41) is 12.6. The quantitative estimate of drug-likeness (QED) is 0.871. The van der Waals surface area contributed by atoms with E-state index in [2.05, 4.69) is 56.5 Å². The highest BCUT2D eigenvalue weighted by Crippen LogP contribution is 2.42. The average Bonchev–Trinajstić information content (AvgIpc) is 3.49. The third-order valence-corrected chi connectivity index (χ3v) is 5.63. The summed E-state index contributed by atoms with van der Waals surface area (Å²) >= 11 is 0. The first-order chi connectivity index (χ1) is 12.8. The summed E-state index contributed by atoms with van der Waals surface area (Å²) in [6.07, 6.45) is 4.20. The maximum Gasteiger partial charge on any atom is 0.143 e. The van der Waals surface area contributed by atoms with Gasteiger partial charge in [-0.2, -0.15) is 5.26 Å². The number of nitriles is 1. The lowest BCUT2D eigenvalue weighted by Crippen LogP contribution is -2.53. The Bertz CT molecular complexity index is 770. The van der Waals surface area contributed by atoms with Crippen LogP contribution < -0.4 is 5.32 Å². The van der Waals surface area contributed by atoms with Gasteiger partial charge in [-0.05, 0) is 30.5 Å². The largest absolute Gasteiger partial charge is 0.367 e. The highest BCUT2D eigenvalue weighted by molar-refractivity contribution is 5.51. The lowest BCUT2D eigenvalue weighted by atomic mass is 10.1. The molecule has 0 bridgehead atoms. The van der Waals surface area contributed by atoms with Gasteiger partial charge in [0, 0.05) is 51.0 Å². The molecule has 0 unspecified atom stereocenters. The Balaban J connectivity index is 1.30. The van der Waals surface area contributed by atoms with Gasteiger partial charge in [0.2, 0.25) is 0 Å². The van der Waals surface area contributed by atoms with Crippen molar-refractivity contribution in [2.75, 3.05) is 38.0 Å². The van der Waals surface area contributed by atoms with E-state index in [0.29, 0.717) is 11.4 Å². The molecular formula is C21H25N5. The zero-order valence-electron chi connectivity index (χ0n) is 15.1. The van der Waals surface area contributed by atoms with Gasteiger partial charge in [-0.1, -0.05) is 30.3 Å². The molecule has 0 atom stereocenters. The van der Waals surface area contributed by atoms with Gasteiger partial charge in [-0.25, -0.2) is 4.98 Å².